The van der Waals surface area contributed by atoms with Crippen molar-refractivity contribution < 1.29 is 19.8 Å². The zero-order valence-electron chi connectivity index (χ0n) is 16.5. The van der Waals surface area contributed by atoms with Crippen LogP contribution in [-0.2, 0) is 4.79 Å². The molecular formula is C22H30N2O4. The van der Waals surface area contributed by atoms with Gasteiger partial charge in [0, 0.05) is 37.7 Å². The summed E-state index contributed by atoms with van der Waals surface area (Å²) in [5.74, 6) is 0.787. The van der Waals surface area contributed by atoms with Gasteiger partial charge in [0.15, 0.2) is 0 Å². The van der Waals surface area contributed by atoms with Gasteiger partial charge in [-0.2, -0.15) is 0 Å². The first kappa shape index (κ1) is 19.4. The number of carbonyl (C=O) groups excluding carboxylic acids is 2. The highest BCUT2D eigenvalue weighted by Gasteiger charge is 2.43. The largest absolute Gasteiger partial charge is 0.390 e. The second kappa shape index (κ2) is 7.84. The number of carbonyl (C=O) groups is 2. The Bertz CT molecular complexity index is 709. The number of nitrogens with zero attached hydrogens (tertiary/aromatic N) is 2. The van der Waals surface area contributed by atoms with Crippen molar-refractivity contribution >= 4 is 11.8 Å². The SMILES string of the molecule is Cc1ccc(C(=O)N2CCC(C(=O)N3C[C@H]4C[C@H](O)[C@H](O)C[C@H]4C3)CC2)cc1. The average molecular weight is 386 g/mol. The van der Waals surface area contributed by atoms with Crippen LogP contribution < -0.4 is 0 Å². The third-order valence-electron chi connectivity index (χ3n) is 6.85. The molecule has 0 unspecified atom stereocenters. The molecule has 2 N–H and O–H groups in total. The number of fused-ring (bicyclic) bond motifs is 1. The van der Waals surface area contributed by atoms with Gasteiger partial charge in [0.25, 0.3) is 5.91 Å². The van der Waals surface area contributed by atoms with Crippen LogP contribution >= 0.6 is 0 Å². The van der Waals surface area contributed by atoms with Gasteiger partial charge >= 0.3 is 0 Å². The lowest BCUT2D eigenvalue weighted by atomic mass is 9.79. The standard InChI is InChI=1S/C22H30N2O4/c1-14-2-4-15(5-3-14)21(27)23-8-6-16(7-9-23)22(28)24-12-17-10-19(25)20(26)11-18(17)13-24/h2-5,16-20,25-26H,6-13H2,1H3/t17-,18+,19+,20-. The Morgan fingerprint density at radius 3 is 1.96 bits per heavy atom. The molecule has 0 radical (unpaired) electrons. The van der Waals surface area contributed by atoms with E-state index in [0.29, 0.717) is 69.3 Å². The molecule has 1 aliphatic carbocycles. The van der Waals surface area contributed by atoms with Crippen LogP contribution in [0.5, 0.6) is 0 Å². The Labute approximate surface area is 166 Å². The number of aliphatic hydroxyl groups excluding tert-OH is 2. The van der Waals surface area contributed by atoms with Crippen LogP contribution in [0.2, 0.25) is 0 Å². The molecule has 6 nitrogen and oxygen atoms in total. The van der Waals surface area contributed by atoms with Crippen molar-refractivity contribution in [2.24, 2.45) is 17.8 Å². The van der Waals surface area contributed by atoms with Crippen molar-refractivity contribution in [2.45, 2.75) is 44.8 Å². The molecule has 3 aliphatic rings. The number of piperidine rings is 1. The molecular weight excluding hydrogens is 356 g/mol. The summed E-state index contributed by atoms with van der Waals surface area (Å²) in [4.78, 5) is 29.4. The zero-order valence-corrected chi connectivity index (χ0v) is 16.5. The second-order valence-corrected chi connectivity index (χ2v) is 8.80. The number of benzene rings is 1. The highest BCUT2D eigenvalue weighted by atomic mass is 16.3. The fraction of sp³-hybridized carbons (Fsp3) is 0.636. The molecule has 2 saturated heterocycles. The van der Waals surface area contributed by atoms with Crippen molar-refractivity contribution in [3.63, 3.8) is 0 Å². The van der Waals surface area contributed by atoms with Crippen LogP contribution in [0.25, 0.3) is 0 Å². The summed E-state index contributed by atoms with van der Waals surface area (Å²) < 4.78 is 0. The van der Waals surface area contributed by atoms with Gasteiger partial charge in [0.05, 0.1) is 12.2 Å². The third kappa shape index (κ3) is 3.80. The van der Waals surface area contributed by atoms with Gasteiger partial charge in [0.2, 0.25) is 5.91 Å². The van der Waals surface area contributed by atoms with Crippen molar-refractivity contribution in [3.05, 3.63) is 35.4 Å². The summed E-state index contributed by atoms with van der Waals surface area (Å²) in [5, 5.41) is 19.8. The number of aryl methyl sites for hydroxylation is 1. The number of aliphatic hydroxyl groups is 2. The maximum atomic E-state index is 13.0. The van der Waals surface area contributed by atoms with Gasteiger partial charge in [-0.15, -0.1) is 0 Å². The molecule has 152 valence electrons. The molecule has 3 fully saturated rings. The number of hydrogen-bond donors (Lipinski definition) is 2. The second-order valence-electron chi connectivity index (χ2n) is 8.80. The van der Waals surface area contributed by atoms with Gasteiger partial charge in [-0.25, -0.2) is 0 Å². The van der Waals surface area contributed by atoms with E-state index < -0.39 is 12.2 Å². The van der Waals surface area contributed by atoms with Gasteiger partial charge < -0.3 is 20.0 Å². The lowest BCUT2D eigenvalue weighted by Gasteiger charge is -2.33. The fourth-order valence-corrected chi connectivity index (χ4v) is 5.05. The summed E-state index contributed by atoms with van der Waals surface area (Å²) in [6.07, 6.45) is 1.25. The van der Waals surface area contributed by atoms with Crippen LogP contribution in [0.3, 0.4) is 0 Å². The Balaban J connectivity index is 1.31. The van der Waals surface area contributed by atoms with Gasteiger partial charge in [-0.1, -0.05) is 17.7 Å². The van der Waals surface area contributed by atoms with Crippen molar-refractivity contribution in [1.82, 2.24) is 9.80 Å². The Morgan fingerprint density at radius 2 is 1.43 bits per heavy atom. The molecule has 6 heteroatoms. The van der Waals surface area contributed by atoms with Crippen molar-refractivity contribution in [2.75, 3.05) is 26.2 Å². The van der Waals surface area contributed by atoms with Gasteiger partial charge in [-0.05, 0) is 56.6 Å². The highest BCUT2D eigenvalue weighted by Crippen LogP contribution is 2.37. The summed E-state index contributed by atoms with van der Waals surface area (Å²) in [5.41, 5.74) is 1.84. The number of amides is 2. The molecule has 1 saturated carbocycles. The minimum absolute atomic E-state index is 0.0305. The lowest BCUT2D eigenvalue weighted by Crippen LogP contribution is -2.44. The first-order chi connectivity index (χ1) is 13.4. The maximum absolute atomic E-state index is 13.0. The van der Waals surface area contributed by atoms with Crippen LogP contribution in [0.4, 0.5) is 0 Å². The summed E-state index contributed by atoms with van der Waals surface area (Å²) in [6.45, 7) is 4.61. The van der Waals surface area contributed by atoms with E-state index in [1.807, 2.05) is 41.0 Å². The smallest absolute Gasteiger partial charge is 0.253 e. The van der Waals surface area contributed by atoms with Gasteiger partial charge in [0.1, 0.15) is 0 Å². The molecule has 4 rings (SSSR count). The maximum Gasteiger partial charge on any atom is 0.253 e. The number of rotatable bonds is 2. The molecule has 4 atom stereocenters. The first-order valence-electron chi connectivity index (χ1n) is 10.4. The Hall–Kier alpha value is -1.92. The van der Waals surface area contributed by atoms with Crippen molar-refractivity contribution in [1.29, 1.82) is 0 Å². The molecule has 0 aromatic heterocycles. The Morgan fingerprint density at radius 1 is 0.893 bits per heavy atom. The van der Waals surface area contributed by atoms with E-state index in [2.05, 4.69) is 0 Å². The average Bonchev–Trinajstić information content (AvgIpc) is 3.10. The van der Waals surface area contributed by atoms with Crippen LogP contribution in [0.1, 0.15) is 41.6 Å². The van der Waals surface area contributed by atoms with Crippen molar-refractivity contribution in [3.8, 4) is 0 Å². The molecule has 1 aromatic rings. The van der Waals surface area contributed by atoms with Gasteiger partial charge in [-0.3, -0.25) is 9.59 Å². The van der Waals surface area contributed by atoms with E-state index in [0.717, 1.165) is 5.56 Å². The first-order valence-corrected chi connectivity index (χ1v) is 10.4. The highest BCUT2D eigenvalue weighted by molar-refractivity contribution is 5.94. The third-order valence-corrected chi connectivity index (χ3v) is 6.85. The van der Waals surface area contributed by atoms with E-state index in [4.69, 9.17) is 0 Å². The van der Waals surface area contributed by atoms with Crippen LogP contribution in [0.15, 0.2) is 24.3 Å². The summed E-state index contributed by atoms with van der Waals surface area (Å²) in [6, 6.07) is 7.63. The monoisotopic (exact) mass is 386 g/mol. The summed E-state index contributed by atoms with van der Waals surface area (Å²) in [7, 11) is 0. The predicted octanol–water partition coefficient (Wildman–Crippen LogP) is 1.44. The van der Waals surface area contributed by atoms with Crippen LogP contribution in [-0.4, -0.2) is 70.2 Å². The molecule has 2 amide bonds. The Kier molecular flexibility index (Phi) is 5.43. The minimum Gasteiger partial charge on any atom is -0.390 e. The lowest BCUT2D eigenvalue weighted by molar-refractivity contribution is -0.136. The van der Waals surface area contributed by atoms with E-state index in [-0.39, 0.29) is 17.7 Å². The van der Waals surface area contributed by atoms with E-state index >= 15 is 0 Å². The van der Waals surface area contributed by atoms with E-state index in [1.165, 1.54) is 0 Å². The molecule has 0 spiro atoms. The van der Waals surface area contributed by atoms with Crippen LogP contribution in [0, 0.1) is 24.7 Å². The fourth-order valence-electron chi connectivity index (χ4n) is 5.05. The zero-order chi connectivity index (χ0) is 19.8. The molecule has 28 heavy (non-hydrogen) atoms. The van der Waals surface area contributed by atoms with E-state index in [9.17, 15) is 19.8 Å². The topological polar surface area (TPSA) is 81.1 Å². The normalized spacial score (nSPS) is 31.0. The molecule has 0 bridgehead atoms. The molecule has 1 aromatic carbocycles. The predicted molar refractivity (Wildman–Crippen MR) is 105 cm³/mol. The summed E-state index contributed by atoms with van der Waals surface area (Å²) >= 11 is 0. The minimum atomic E-state index is -0.660. The van der Waals surface area contributed by atoms with E-state index in [1.54, 1.807) is 0 Å². The molecule has 2 aliphatic heterocycles. The molecule has 2 heterocycles. The quantitative estimate of drug-likeness (QED) is 0.806. The number of hydrogen-bond acceptors (Lipinski definition) is 4. The number of likely N-dealkylation sites (tertiary alicyclic amines) is 2.